The van der Waals surface area contributed by atoms with Gasteiger partial charge in [0.25, 0.3) is 5.91 Å². The smallest absolute Gasteiger partial charge is 0.358 e. The van der Waals surface area contributed by atoms with Gasteiger partial charge in [0.2, 0.25) is 5.91 Å². The Morgan fingerprint density at radius 3 is 2.58 bits per heavy atom. The SMILES string of the molecule is CC(=O)NNC(=O)Cn1nnc(C(=O)O)c1CCN. The number of amides is 2. The number of nitrogens with one attached hydrogen (secondary N) is 2. The van der Waals surface area contributed by atoms with E-state index in [2.05, 4.69) is 21.2 Å². The Balaban J connectivity index is 2.80. The second kappa shape index (κ2) is 6.44. The van der Waals surface area contributed by atoms with E-state index in [1.807, 2.05) is 0 Å². The second-order valence-electron chi connectivity index (χ2n) is 3.62. The lowest BCUT2D eigenvalue weighted by Crippen LogP contribution is -2.42. The van der Waals surface area contributed by atoms with Crippen LogP contribution in [0.5, 0.6) is 0 Å². The lowest BCUT2D eigenvalue weighted by atomic mass is 10.2. The van der Waals surface area contributed by atoms with Crippen molar-refractivity contribution in [2.75, 3.05) is 6.54 Å². The molecule has 19 heavy (non-hydrogen) atoms. The average Bonchev–Trinajstić information content (AvgIpc) is 2.70. The van der Waals surface area contributed by atoms with Crippen LogP contribution in [0.4, 0.5) is 0 Å². The van der Waals surface area contributed by atoms with Crippen molar-refractivity contribution in [1.29, 1.82) is 0 Å². The minimum atomic E-state index is -1.24. The fraction of sp³-hybridized carbons (Fsp3) is 0.444. The third kappa shape index (κ3) is 4.03. The van der Waals surface area contributed by atoms with E-state index in [-0.39, 0.29) is 30.9 Å². The van der Waals surface area contributed by atoms with Gasteiger partial charge in [0.05, 0.1) is 5.69 Å². The van der Waals surface area contributed by atoms with Crippen LogP contribution < -0.4 is 16.6 Å². The fourth-order valence-corrected chi connectivity index (χ4v) is 1.34. The van der Waals surface area contributed by atoms with E-state index in [4.69, 9.17) is 10.8 Å². The van der Waals surface area contributed by atoms with Crippen molar-refractivity contribution in [3.8, 4) is 0 Å². The van der Waals surface area contributed by atoms with Crippen molar-refractivity contribution in [2.24, 2.45) is 5.73 Å². The molecule has 0 unspecified atom stereocenters. The largest absolute Gasteiger partial charge is 0.476 e. The van der Waals surface area contributed by atoms with Crippen LogP contribution in [-0.4, -0.2) is 44.4 Å². The summed E-state index contributed by atoms with van der Waals surface area (Å²) in [6.45, 7) is 1.16. The first-order valence-electron chi connectivity index (χ1n) is 5.36. The molecule has 10 heteroatoms. The number of nitrogens with two attached hydrogens (primary N) is 1. The van der Waals surface area contributed by atoms with Crippen LogP contribution in [0.15, 0.2) is 0 Å². The average molecular weight is 270 g/mol. The van der Waals surface area contributed by atoms with Gasteiger partial charge < -0.3 is 10.8 Å². The highest BCUT2D eigenvalue weighted by Gasteiger charge is 2.19. The van der Waals surface area contributed by atoms with Crippen LogP contribution in [-0.2, 0) is 22.6 Å². The van der Waals surface area contributed by atoms with Crippen LogP contribution in [0.1, 0.15) is 23.1 Å². The van der Waals surface area contributed by atoms with Gasteiger partial charge in [-0.25, -0.2) is 9.48 Å². The molecule has 1 heterocycles. The normalized spacial score (nSPS) is 10.0. The zero-order valence-corrected chi connectivity index (χ0v) is 10.2. The molecule has 0 radical (unpaired) electrons. The maximum atomic E-state index is 11.5. The number of carboxylic acid groups (broad SMARTS) is 1. The first kappa shape index (κ1) is 14.6. The molecular weight excluding hydrogens is 256 g/mol. The molecule has 0 aliphatic heterocycles. The Kier molecular flexibility index (Phi) is 4.94. The number of hydrogen-bond donors (Lipinski definition) is 4. The summed E-state index contributed by atoms with van der Waals surface area (Å²) < 4.78 is 1.13. The number of carbonyl (C=O) groups is 3. The number of aromatic carboxylic acids is 1. The second-order valence-corrected chi connectivity index (χ2v) is 3.62. The highest BCUT2D eigenvalue weighted by atomic mass is 16.4. The lowest BCUT2D eigenvalue weighted by molar-refractivity contribution is -0.128. The van der Waals surface area contributed by atoms with Gasteiger partial charge in [-0.2, -0.15) is 0 Å². The molecule has 2 amide bonds. The van der Waals surface area contributed by atoms with Gasteiger partial charge in [-0.15, -0.1) is 5.10 Å². The number of aromatic nitrogens is 3. The summed E-state index contributed by atoms with van der Waals surface area (Å²) in [6.07, 6.45) is 0.224. The summed E-state index contributed by atoms with van der Waals surface area (Å²) in [5, 5.41) is 16.0. The molecule has 0 saturated carbocycles. The molecule has 0 fully saturated rings. The van der Waals surface area contributed by atoms with Gasteiger partial charge in [-0.1, -0.05) is 5.21 Å². The van der Waals surface area contributed by atoms with E-state index >= 15 is 0 Å². The van der Waals surface area contributed by atoms with Crippen molar-refractivity contribution >= 4 is 17.8 Å². The Morgan fingerprint density at radius 2 is 2.05 bits per heavy atom. The molecule has 0 aliphatic rings. The molecule has 1 rings (SSSR count). The molecular formula is C9H14N6O4. The Labute approximate surface area is 107 Å². The lowest BCUT2D eigenvalue weighted by Gasteiger charge is -2.07. The Morgan fingerprint density at radius 1 is 1.37 bits per heavy atom. The van der Waals surface area contributed by atoms with Gasteiger partial charge in [0.1, 0.15) is 6.54 Å². The van der Waals surface area contributed by atoms with Gasteiger partial charge in [0.15, 0.2) is 5.69 Å². The molecule has 0 saturated heterocycles. The highest BCUT2D eigenvalue weighted by molar-refractivity contribution is 5.86. The standard InChI is InChI=1S/C9H14N6O4/c1-5(16)11-12-7(17)4-15-6(2-3-10)8(9(18)19)13-14-15/h2-4,10H2,1H3,(H,11,16)(H,12,17)(H,18,19). The van der Waals surface area contributed by atoms with Crippen molar-refractivity contribution in [3.63, 3.8) is 0 Å². The van der Waals surface area contributed by atoms with Gasteiger partial charge in [-0.3, -0.25) is 20.4 Å². The van der Waals surface area contributed by atoms with Crippen molar-refractivity contribution in [2.45, 2.75) is 19.9 Å². The Hall–Kier alpha value is -2.49. The minimum Gasteiger partial charge on any atom is -0.476 e. The summed E-state index contributed by atoms with van der Waals surface area (Å²) in [5.74, 6) is -2.23. The van der Waals surface area contributed by atoms with Crippen LogP contribution in [0.25, 0.3) is 0 Å². The molecule has 0 bridgehead atoms. The summed E-state index contributed by atoms with van der Waals surface area (Å²) in [5.41, 5.74) is 9.62. The topological polar surface area (TPSA) is 152 Å². The van der Waals surface area contributed by atoms with Crippen molar-refractivity contribution in [1.82, 2.24) is 25.8 Å². The maximum Gasteiger partial charge on any atom is 0.358 e. The summed E-state index contributed by atoms with van der Waals surface area (Å²) in [4.78, 5) is 33.0. The van der Waals surface area contributed by atoms with Gasteiger partial charge in [-0.05, 0) is 6.54 Å². The van der Waals surface area contributed by atoms with Crippen LogP contribution in [0, 0.1) is 0 Å². The monoisotopic (exact) mass is 270 g/mol. The van der Waals surface area contributed by atoms with Crippen molar-refractivity contribution in [3.05, 3.63) is 11.4 Å². The number of carbonyl (C=O) groups excluding carboxylic acids is 2. The zero-order valence-electron chi connectivity index (χ0n) is 10.2. The zero-order chi connectivity index (χ0) is 14.4. The van der Waals surface area contributed by atoms with E-state index in [1.54, 1.807) is 0 Å². The van der Waals surface area contributed by atoms with E-state index in [0.29, 0.717) is 0 Å². The molecule has 0 aliphatic carbocycles. The highest BCUT2D eigenvalue weighted by Crippen LogP contribution is 2.06. The number of carboxylic acids is 1. The number of hydrazine groups is 1. The van der Waals surface area contributed by atoms with Crippen molar-refractivity contribution < 1.29 is 19.5 Å². The van der Waals surface area contributed by atoms with E-state index in [9.17, 15) is 14.4 Å². The third-order valence-corrected chi connectivity index (χ3v) is 2.09. The predicted molar refractivity (Wildman–Crippen MR) is 61.7 cm³/mol. The maximum absolute atomic E-state index is 11.5. The molecule has 0 atom stereocenters. The molecule has 10 nitrogen and oxygen atoms in total. The summed E-state index contributed by atoms with van der Waals surface area (Å²) >= 11 is 0. The quantitative estimate of drug-likeness (QED) is 0.437. The molecule has 104 valence electrons. The van der Waals surface area contributed by atoms with Crippen LogP contribution >= 0.6 is 0 Å². The van der Waals surface area contributed by atoms with Crippen LogP contribution in [0.2, 0.25) is 0 Å². The Bertz CT molecular complexity index is 497. The van der Waals surface area contributed by atoms with E-state index < -0.39 is 17.8 Å². The summed E-state index contributed by atoms with van der Waals surface area (Å²) in [6, 6.07) is 0. The van der Waals surface area contributed by atoms with E-state index in [1.165, 1.54) is 6.92 Å². The van der Waals surface area contributed by atoms with E-state index in [0.717, 1.165) is 4.68 Å². The molecule has 1 aromatic heterocycles. The number of nitrogens with zero attached hydrogens (tertiary/aromatic N) is 3. The van der Waals surface area contributed by atoms with Gasteiger partial charge >= 0.3 is 5.97 Å². The third-order valence-electron chi connectivity index (χ3n) is 2.09. The first-order chi connectivity index (χ1) is 8.95. The number of hydrogen-bond acceptors (Lipinski definition) is 6. The summed E-state index contributed by atoms with van der Waals surface area (Å²) in [7, 11) is 0. The van der Waals surface area contributed by atoms with Gasteiger partial charge in [0, 0.05) is 13.3 Å². The first-order valence-corrected chi connectivity index (χ1v) is 5.36. The van der Waals surface area contributed by atoms with Crippen LogP contribution in [0.3, 0.4) is 0 Å². The molecule has 0 aromatic carbocycles. The fourth-order valence-electron chi connectivity index (χ4n) is 1.34. The minimum absolute atomic E-state index is 0.195. The molecule has 1 aromatic rings. The molecule has 0 spiro atoms. The molecule has 5 N–H and O–H groups in total. The predicted octanol–water partition coefficient (Wildman–Crippen LogP) is -2.36. The number of rotatable bonds is 5.